The fraction of sp³-hybridized carbons (Fsp3) is 0.435. The molecule has 1 N–H and O–H groups in total. The molecule has 1 aliphatic rings. The van der Waals surface area contributed by atoms with Crippen LogP contribution in [-0.4, -0.2) is 24.7 Å². The van der Waals surface area contributed by atoms with Crippen LogP contribution in [-0.2, 0) is 11.2 Å². The summed E-state index contributed by atoms with van der Waals surface area (Å²) in [6, 6.07) is 13.3. The maximum atomic E-state index is 12.9. The molecule has 28 heavy (non-hydrogen) atoms. The van der Waals surface area contributed by atoms with Crippen LogP contribution < -0.4 is 19.5 Å². The molecule has 0 saturated heterocycles. The second kappa shape index (κ2) is 8.13. The van der Waals surface area contributed by atoms with Crippen molar-refractivity contribution in [2.45, 2.75) is 58.3 Å². The van der Waals surface area contributed by atoms with Crippen molar-refractivity contribution in [1.82, 2.24) is 5.32 Å². The van der Waals surface area contributed by atoms with Crippen molar-refractivity contribution in [2.75, 3.05) is 7.11 Å². The van der Waals surface area contributed by atoms with Gasteiger partial charge in [-0.1, -0.05) is 25.1 Å². The fourth-order valence-electron chi connectivity index (χ4n) is 3.53. The number of methoxy groups -OCH3 is 1. The van der Waals surface area contributed by atoms with Gasteiger partial charge >= 0.3 is 0 Å². The molecule has 5 heteroatoms. The highest BCUT2D eigenvalue weighted by molar-refractivity contribution is 5.81. The van der Waals surface area contributed by atoms with Crippen LogP contribution in [0.15, 0.2) is 42.5 Å². The standard InChI is InChI=1S/C23H29NO4/c1-6-16-9-7-8-10-20(16)27-15(2)22(25)24-19-14-23(3,4)28-21-12-11-17(26-5)13-18(19)21/h7-13,15,19H,6,14H2,1-5H3,(H,24,25)/t15-,19-/m1/s1. The molecular formula is C23H29NO4. The van der Waals surface area contributed by atoms with Crippen molar-refractivity contribution in [3.05, 3.63) is 53.6 Å². The zero-order valence-electron chi connectivity index (χ0n) is 17.2. The minimum absolute atomic E-state index is 0.151. The van der Waals surface area contributed by atoms with Crippen LogP contribution in [0.3, 0.4) is 0 Å². The second-order valence-corrected chi connectivity index (χ2v) is 7.75. The topological polar surface area (TPSA) is 56.8 Å². The van der Waals surface area contributed by atoms with Gasteiger partial charge in [-0.3, -0.25) is 4.79 Å². The van der Waals surface area contributed by atoms with E-state index in [0.717, 1.165) is 34.8 Å². The smallest absolute Gasteiger partial charge is 0.261 e. The van der Waals surface area contributed by atoms with E-state index in [0.29, 0.717) is 6.42 Å². The molecule has 0 bridgehead atoms. The van der Waals surface area contributed by atoms with Crippen molar-refractivity contribution < 1.29 is 19.0 Å². The Hall–Kier alpha value is -2.69. The van der Waals surface area contributed by atoms with Crippen LogP contribution in [0, 0.1) is 0 Å². The van der Waals surface area contributed by atoms with Gasteiger partial charge in [0, 0.05) is 12.0 Å². The number of rotatable bonds is 6. The Morgan fingerprint density at radius 2 is 2.04 bits per heavy atom. The first kappa shape index (κ1) is 20.1. The summed E-state index contributed by atoms with van der Waals surface area (Å²) in [6.07, 6.45) is 0.913. The summed E-state index contributed by atoms with van der Waals surface area (Å²) >= 11 is 0. The molecule has 2 aromatic rings. The minimum atomic E-state index is -0.604. The molecule has 150 valence electrons. The van der Waals surface area contributed by atoms with Gasteiger partial charge in [0.2, 0.25) is 0 Å². The maximum Gasteiger partial charge on any atom is 0.261 e. The van der Waals surface area contributed by atoms with E-state index in [2.05, 4.69) is 12.2 Å². The van der Waals surface area contributed by atoms with Gasteiger partial charge in [0.25, 0.3) is 5.91 Å². The van der Waals surface area contributed by atoms with Crippen molar-refractivity contribution >= 4 is 5.91 Å². The lowest BCUT2D eigenvalue weighted by molar-refractivity contribution is -0.128. The van der Waals surface area contributed by atoms with E-state index in [1.165, 1.54) is 0 Å². The number of hydrogen-bond acceptors (Lipinski definition) is 4. The van der Waals surface area contributed by atoms with Crippen LogP contribution in [0.5, 0.6) is 17.2 Å². The molecule has 0 spiro atoms. The number of nitrogens with one attached hydrogen (secondary N) is 1. The summed E-state index contributed by atoms with van der Waals surface area (Å²) in [4.78, 5) is 12.9. The number of para-hydroxylation sites is 1. The monoisotopic (exact) mass is 383 g/mol. The SMILES string of the molecule is CCc1ccccc1O[C@H](C)C(=O)N[C@@H]1CC(C)(C)Oc2ccc(OC)cc21. The molecule has 5 nitrogen and oxygen atoms in total. The van der Waals surface area contributed by atoms with E-state index in [4.69, 9.17) is 14.2 Å². The Morgan fingerprint density at radius 1 is 1.29 bits per heavy atom. The third-order valence-corrected chi connectivity index (χ3v) is 5.02. The molecule has 0 aliphatic carbocycles. The molecule has 0 fully saturated rings. The fourth-order valence-corrected chi connectivity index (χ4v) is 3.53. The summed E-state index contributed by atoms with van der Waals surface area (Å²) < 4.78 is 17.4. The first-order valence-electron chi connectivity index (χ1n) is 9.75. The molecule has 2 aromatic carbocycles. The van der Waals surface area contributed by atoms with Crippen LogP contribution >= 0.6 is 0 Å². The molecule has 0 radical (unpaired) electrons. The molecule has 0 unspecified atom stereocenters. The summed E-state index contributed by atoms with van der Waals surface area (Å²) in [5.41, 5.74) is 1.64. The first-order chi connectivity index (χ1) is 13.3. The number of carbonyl (C=O) groups excluding carboxylic acids is 1. The number of aryl methyl sites for hydroxylation is 1. The van der Waals surface area contributed by atoms with Crippen molar-refractivity contribution in [1.29, 1.82) is 0 Å². The van der Waals surface area contributed by atoms with Gasteiger partial charge in [0.1, 0.15) is 22.8 Å². The number of carbonyl (C=O) groups is 1. The third-order valence-electron chi connectivity index (χ3n) is 5.02. The molecule has 1 amide bonds. The molecular weight excluding hydrogens is 354 g/mol. The van der Waals surface area contributed by atoms with Crippen molar-refractivity contribution in [3.8, 4) is 17.2 Å². The molecule has 3 rings (SSSR count). The highest BCUT2D eigenvalue weighted by Crippen LogP contribution is 2.41. The zero-order chi connectivity index (χ0) is 20.3. The van der Waals surface area contributed by atoms with Crippen LogP contribution in [0.1, 0.15) is 51.3 Å². The quantitative estimate of drug-likeness (QED) is 0.801. The van der Waals surface area contributed by atoms with Gasteiger partial charge in [-0.2, -0.15) is 0 Å². The summed E-state index contributed by atoms with van der Waals surface area (Å²) in [5, 5.41) is 3.14. The highest BCUT2D eigenvalue weighted by Gasteiger charge is 2.35. The van der Waals surface area contributed by atoms with Crippen LogP contribution in [0.25, 0.3) is 0 Å². The molecule has 1 aliphatic heterocycles. The van der Waals surface area contributed by atoms with E-state index in [9.17, 15) is 4.79 Å². The van der Waals surface area contributed by atoms with Crippen LogP contribution in [0.4, 0.5) is 0 Å². The average Bonchev–Trinajstić information content (AvgIpc) is 2.67. The Kier molecular flexibility index (Phi) is 5.82. The summed E-state index contributed by atoms with van der Waals surface area (Å²) in [5.74, 6) is 2.11. The average molecular weight is 383 g/mol. The van der Waals surface area contributed by atoms with E-state index in [1.54, 1.807) is 14.0 Å². The normalized spacial score (nSPS) is 18.4. The van der Waals surface area contributed by atoms with Crippen molar-refractivity contribution in [2.24, 2.45) is 0 Å². The van der Waals surface area contributed by atoms with Gasteiger partial charge in [0.15, 0.2) is 6.10 Å². The summed E-state index contributed by atoms with van der Waals surface area (Å²) in [7, 11) is 1.63. The number of hydrogen-bond donors (Lipinski definition) is 1. The highest BCUT2D eigenvalue weighted by atomic mass is 16.5. The largest absolute Gasteiger partial charge is 0.497 e. The van der Waals surface area contributed by atoms with E-state index >= 15 is 0 Å². The lowest BCUT2D eigenvalue weighted by Crippen LogP contribution is -2.44. The minimum Gasteiger partial charge on any atom is -0.497 e. The van der Waals surface area contributed by atoms with E-state index < -0.39 is 6.10 Å². The Balaban J connectivity index is 1.77. The lowest BCUT2D eigenvalue weighted by atomic mass is 9.89. The maximum absolute atomic E-state index is 12.9. The van der Waals surface area contributed by atoms with Crippen LogP contribution in [0.2, 0.25) is 0 Å². The number of ether oxygens (including phenoxy) is 3. The third kappa shape index (κ3) is 4.41. The van der Waals surface area contributed by atoms with Gasteiger partial charge in [-0.25, -0.2) is 0 Å². The predicted octanol–water partition coefficient (Wildman–Crippen LogP) is 4.44. The van der Waals surface area contributed by atoms with E-state index in [-0.39, 0.29) is 17.6 Å². The second-order valence-electron chi connectivity index (χ2n) is 7.75. The zero-order valence-corrected chi connectivity index (χ0v) is 17.2. The van der Waals surface area contributed by atoms with Crippen molar-refractivity contribution in [3.63, 3.8) is 0 Å². The Labute approximate surface area is 167 Å². The van der Waals surface area contributed by atoms with Gasteiger partial charge in [-0.05, 0) is 57.0 Å². The lowest BCUT2D eigenvalue weighted by Gasteiger charge is -2.38. The Bertz CT molecular complexity index is 846. The summed E-state index contributed by atoms with van der Waals surface area (Å²) in [6.45, 7) is 7.90. The molecule has 1 heterocycles. The first-order valence-corrected chi connectivity index (χ1v) is 9.75. The molecule has 0 aromatic heterocycles. The van der Waals surface area contributed by atoms with Gasteiger partial charge < -0.3 is 19.5 Å². The van der Waals surface area contributed by atoms with E-state index in [1.807, 2.05) is 56.3 Å². The predicted molar refractivity (Wildman–Crippen MR) is 109 cm³/mol. The number of amides is 1. The van der Waals surface area contributed by atoms with Gasteiger partial charge in [-0.15, -0.1) is 0 Å². The molecule has 2 atom stereocenters. The number of benzene rings is 2. The molecule has 0 saturated carbocycles. The number of fused-ring (bicyclic) bond motifs is 1. The Morgan fingerprint density at radius 3 is 2.75 bits per heavy atom. The van der Waals surface area contributed by atoms with Gasteiger partial charge in [0.05, 0.1) is 13.2 Å².